The Morgan fingerprint density at radius 1 is 0.920 bits per heavy atom. The highest BCUT2D eigenvalue weighted by atomic mass is 16.5. The monoisotopic (exact) mass is 356 g/mol. The smallest absolute Gasteiger partial charge is 0.303 e. The molecular formula is C20H36O5. The molecule has 0 radical (unpaired) electrons. The fourth-order valence-corrected chi connectivity index (χ4v) is 4.27. The summed E-state index contributed by atoms with van der Waals surface area (Å²) in [7, 11) is 0. The van der Waals surface area contributed by atoms with Crippen molar-refractivity contribution in [2.75, 3.05) is 26.4 Å². The number of hydrogen-bond donors (Lipinski definition) is 1. The van der Waals surface area contributed by atoms with Crippen LogP contribution in [0.4, 0.5) is 0 Å². The van der Waals surface area contributed by atoms with Gasteiger partial charge in [0.2, 0.25) is 0 Å². The molecule has 0 aliphatic carbocycles. The van der Waals surface area contributed by atoms with Crippen LogP contribution in [0.25, 0.3) is 0 Å². The number of unbranched alkanes of at least 4 members (excludes halogenated alkanes) is 3. The Morgan fingerprint density at radius 3 is 2.08 bits per heavy atom. The highest BCUT2D eigenvalue weighted by Gasteiger charge is 2.47. The molecule has 5 heteroatoms. The van der Waals surface area contributed by atoms with E-state index in [1.54, 1.807) is 0 Å². The Kier molecular flexibility index (Phi) is 9.81. The molecule has 1 N–H and O–H groups in total. The molecule has 25 heavy (non-hydrogen) atoms. The van der Waals surface area contributed by atoms with Crippen molar-refractivity contribution in [1.82, 2.24) is 0 Å². The van der Waals surface area contributed by atoms with E-state index in [-0.39, 0.29) is 6.42 Å². The van der Waals surface area contributed by atoms with Gasteiger partial charge in [-0.3, -0.25) is 4.79 Å². The van der Waals surface area contributed by atoms with Gasteiger partial charge in [0.15, 0.2) is 0 Å². The minimum Gasteiger partial charge on any atom is -0.481 e. The number of fused-ring (bicyclic) bond motifs is 2. The van der Waals surface area contributed by atoms with Crippen LogP contribution < -0.4 is 0 Å². The Labute approximate surface area is 152 Å². The number of carboxylic acid groups (broad SMARTS) is 1. The van der Waals surface area contributed by atoms with Crippen LogP contribution in [0.1, 0.15) is 71.1 Å². The summed E-state index contributed by atoms with van der Waals surface area (Å²) < 4.78 is 17.6. The van der Waals surface area contributed by atoms with E-state index in [9.17, 15) is 4.79 Å². The van der Waals surface area contributed by atoms with E-state index in [1.807, 2.05) is 0 Å². The maximum absolute atomic E-state index is 10.5. The third kappa shape index (κ3) is 7.24. The molecule has 2 rings (SSSR count). The summed E-state index contributed by atoms with van der Waals surface area (Å²) >= 11 is 0. The molecule has 0 saturated carbocycles. The second kappa shape index (κ2) is 11.9. The van der Waals surface area contributed by atoms with Crippen molar-refractivity contribution in [3.8, 4) is 0 Å². The van der Waals surface area contributed by atoms with Gasteiger partial charge in [0.1, 0.15) is 0 Å². The minimum absolute atomic E-state index is 0.190. The molecule has 0 spiro atoms. The Balaban J connectivity index is 1.57. The van der Waals surface area contributed by atoms with Crippen LogP contribution in [-0.2, 0) is 19.0 Å². The molecule has 0 aromatic rings. The van der Waals surface area contributed by atoms with Crippen molar-refractivity contribution in [2.45, 2.75) is 83.3 Å². The molecule has 2 saturated heterocycles. The van der Waals surface area contributed by atoms with Gasteiger partial charge in [-0.1, -0.05) is 26.2 Å². The van der Waals surface area contributed by atoms with Gasteiger partial charge in [-0.05, 0) is 50.4 Å². The predicted molar refractivity (Wildman–Crippen MR) is 96.8 cm³/mol. The summed E-state index contributed by atoms with van der Waals surface area (Å²) in [5.74, 6) is 0.443. The van der Waals surface area contributed by atoms with Crippen LogP contribution in [0.5, 0.6) is 0 Å². The van der Waals surface area contributed by atoms with Gasteiger partial charge in [-0.25, -0.2) is 0 Å². The molecule has 0 aromatic carbocycles. The van der Waals surface area contributed by atoms with Crippen molar-refractivity contribution in [1.29, 1.82) is 0 Å². The zero-order valence-corrected chi connectivity index (χ0v) is 15.8. The molecule has 2 aliphatic heterocycles. The summed E-state index contributed by atoms with van der Waals surface area (Å²) in [4.78, 5) is 10.5. The van der Waals surface area contributed by atoms with E-state index < -0.39 is 5.97 Å². The maximum atomic E-state index is 10.5. The molecular weight excluding hydrogens is 320 g/mol. The molecule has 2 aliphatic rings. The lowest BCUT2D eigenvalue weighted by Crippen LogP contribution is -2.29. The lowest BCUT2D eigenvalue weighted by molar-refractivity contribution is -0.137. The molecule has 0 aromatic heterocycles. The zero-order valence-electron chi connectivity index (χ0n) is 15.8. The van der Waals surface area contributed by atoms with Crippen molar-refractivity contribution in [3.05, 3.63) is 0 Å². The first-order valence-corrected chi connectivity index (χ1v) is 10.2. The van der Waals surface area contributed by atoms with E-state index in [1.165, 1.54) is 38.5 Å². The third-order valence-electron chi connectivity index (χ3n) is 5.60. The van der Waals surface area contributed by atoms with E-state index in [0.717, 1.165) is 26.1 Å². The fraction of sp³-hybridized carbons (Fsp3) is 0.950. The van der Waals surface area contributed by atoms with Crippen LogP contribution >= 0.6 is 0 Å². The fourth-order valence-electron chi connectivity index (χ4n) is 4.27. The van der Waals surface area contributed by atoms with Gasteiger partial charge in [-0.2, -0.15) is 0 Å². The predicted octanol–water partition coefficient (Wildman–Crippen LogP) is 4.04. The Bertz CT molecular complexity index is 373. The average Bonchev–Trinajstić information content (AvgIpc) is 3.19. The molecule has 0 amide bonds. The summed E-state index contributed by atoms with van der Waals surface area (Å²) in [5.41, 5.74) is 0. The first-order chi connectivity index (χ1) is 12.2. The lowest BCUT2D eigenvalue weighted by atomic mass is 9.76. The second-order valence-corrected chi connectivity index (χ2v) is 7.48. The number of rotatable bonds is 15. The highest BCUT2D eigenvalue weighted by Crippen LogP contribution is 2.46. The van der Waals surface area contributed by atoms with Gasteiger partial charge >= 0.3 is 5.97 Å². The maximum Gasteiger partial charge on any atom is 0.303 e. The van der Waals surface area contributed by atoms with Crippen LogP contribution in [0, 0.1) is 11.8 Å². The number of ether oxygens (including phenoxy) is 3. The van der Waals surface area contributed by atoms with Crippen molar-refractivity contribution in [2.24, 2.45) is 11.8 Å². The number of carbonyl (C=O) groups is 1. The summed E-state index contributed by atoms with van der Waals surface area (Å²) in [6, 6.07) is 0. The number of aliphatic carboxylic acids is 1. The van der Waals surface area contributed by atoms with Crippen LogP contribution in [-0.4, -0.2) is 49.7 Å². The largest absolute Gasteiger partial charge is 0.481 e. The zero-order chi connectivity index (χ0) is 17.9. The normalized spacial score (nSPS) is 27.9. The first kappa shape index (κ1) is 20.7. The third-order valence-corrected chi connectivity index (χ3v) is 5.60. The number of carboxylic acids is 1. The Hall–Kier alpha value is -0.650. The summed E-state index contributed by atoms with van der Waals surface area (Å²) in [6.07, 6.45) is 11.1. The molecule has 5 nitrogen and oxygen atoms in total. The van der Waals surface area contributed by atoms with E-state index in [0.29, 0.717) is 43.7 Å². The Morgan fingerprint density at radius 2 is 1.52 bits per heavy atom. The average molecular weight is 357 g/mol. The lowest BCUT2D eigenvalue weighted by Gasteiger charge is -2.28. The summed E-state index contributed by atoms with van der Waals surface area (Å²) in [6.45, 7) is 5.22. The van der Waals surface area contributed by atoms with Gasteiger partial charge in [-0.15, -0.1) is 0 Å². The van der Waals surface area contributed by atoms with Gasteiger partial charge in [0.25, 0.3) is 0 Å². The first-order valence-electron chi connectivity index (χ1n) is 10.2. The van der Waals surface area contributed by atoms with Crippen LogP contribution in [0.3, 0.4) is 0 Å². The van der Waals surface area contributed by atoms with Crippen molar-refractivity contribution >= 4 is 5.97 Å². The van der Waals surface area contributed by atoms with Crippen LogP contribution in [0.15, 0.2) is 0 Å². The molecule has 2 fully saturated rings. The van der Waals surface area contributed by atoms with Crippen LogP contribution in [0.2, 0.25) is 0 Å². The standard InChI is InChI=1S/C20H36O5/c1-2-3-4-5-12-23-14-10-16-17(19-9-8-18(16)25-19)11-15-24-13-6-7-20(21)22/h16-19H,2-15H2,1H3,(H,21,22)/t16-,17+,18-,19+/m1/s1. The van der Waals surface area contributed by atoms with Gasteiger partial charge < -0.3 is 19.3 Å². The molecule has 0 unspecified atom stereocenters. The van der Waals surface area contributed by atoms with Gasteiger partial charge in [0, 0.05) is 32.8 Å². The van der Waals surface area contributed by atoms with E-state index in [4.69, 9.17) is 19.3 Å². The topological polar surface area (TPSA) is 65.0 Å². The molecule has 2 bridgehead atoms. The molecule has 2 heterocycles. The molecule has 146 valence electrons. The van der Waals surface area contributed by atoms with E-state index in [2.05, 4.69) is 6.92 Å². The molecule has 4 atom stereocenters. The SMILES string of the molecule is CCCCCCOCC[C@@H]1[C@H](CCOCCCC(=O)O)[C@@H]2CC[C@H]1O2. The highest BCUT2D eigenvalue weighted by molar-refractivity contribution is 5.66. The van der Waals surface area contributed by atoms with Crippen molar-refractivity contribution < 1.29 is 24.1 Å². The number of hydrogen-bond acceptors (Lipinski definition) is 4. The van der Waals surface area contributed by atoms with E-state index >= 15 is 0 Å². The quantitative estimate of drug-likeness (QED) is 0.449. The summed E-state index contributed by atoms with van der Waals surface area (Å²) in [5, 5.41) is 8.63. The van der Waals surface area contributed by atoms with Crippen molar-refractivity contribution in [3.63, 3.8) is 0 Å². The minimum atomic E-state index is -0.750. The second-order valence-electron chi connectivity index (χ2n) is 7.48. The van der Waals surface area contributed by atoms with Gasteiger partial charge in [0.05, 0.1) is 12.2 Å².